The molecule has 8 heteroatoms. The monoisotopic (exact) mass is 480 g/mol. The van der Waals surface area contributed by atoms with Crippen LogP contribution in [-0.2, 0) is 16.6 Å². The minimum Gasteiger partial charge on any atom is -0.294 e. The van der Waals surface area contributed by atoms with E-state index in [-0.39, 0.29) is 9.77 Å². The van der Waals surface area contributed by atoms with Gasteiger partial charge in [0.1, 0.15) is 0 Å². The van der Waals surface area contributed by atoms with Crippen LogP contribution in [0.4, 0.5) is 5.69 Å². The fraction of sp³-hybridized carbons (Fsp3) is 0.0417. The van der Waals surface area contributed by atoms with E-state index in [1.807, 2.05) is 48.5 Å². The Morgan fingerprint density at radius 3 is 2.44 bits per heavy atom. The van der Waals surface area contributed by atoms with Crippen molar-refractivity contribution in [3.05, 3.63) is 105 Å². The molecule has 0 bridgehead atoms. The Balaban J connectivity index is 1.48. The molecule has 0 aliphatic carbocycles. The number of benzene rings is 4. The smallest absolute Gasteiger partial charge is 0.294 e. The molecule has 0 aliphatic rings. The highest BCUT2D eigenvalue weighted by Gasteiger charge is 2.18. The summed E-state index contributed by atoms with van der Waals surface area (Å²) in [4.78, 5) is 12.5. The summed E-state index contributed by atoms with van der Waals surface area (Å²) >= 11 is 7.26. The molecule has 0 saturated heterocycles. The molecule has 0 spiro atoms. The third-order valence-electron chi connectivity index (χ3n) is 5.24. The third-order valence-corrected chi connectivity index (χ3v) is 7.93. The van der Waals surface area contributed by atoms with Crippen LogP contribution in [0.3, 0.4) is 0 Å². The van der Waals surface area contributed by atoms with E-state index in [4.69, 9.17) is 11.6 Å². The number of fused-ring (bicyclic) bond motifs is 2. The first-order valence-corrected chi connectivity index (χ1v) is 12.5. The maximum Gasteiger partial charge on any atom is 0.308 e. The Morgan fingerprint density at radius 1 is 0.875 bits per heavy atom. The van der Waals surface area contributed by atoms with Crippen molar-refractivity contribution in [2.45, 2.75) is 11.4 Å². The van der Waals surface area contributed by atoms with Gasteiger partial charge in [-0.05, 0) is 52.7 Å². The summed E-state index contributed by atoms with van der Waals surface area (Å²) in [5.74, 6) is 0. The van der Waals surface area contributed by atoms with Crippen molar-refractivity contribution in [1.29, 1.82) is 0 Å². The van der Waals surface area contributed by atoms with Crippen molar-refractivity contribution in [2.75, 3.05) is 4.72 Å². The lowest BCUT2D eigenvalue weighted by molar-refractivity contribution is 0.601. The number of halogens is 1. The molecule has 1 aromatic heterocycles. The molecule has 0 fully saturated rings. The number of rotatable bonds is 5. The molecule has 5 rings (SSSR count). The van der Waals surface area contributed by atoms with E-state index >= 15 is 0 Å². The predicted molar refractivity (Wildman–Crippen MR) is 131 cm³/mol. The summed E-state index contributed by atoms with van der Waals surface area (Å²) < 4.78 is 30.8. The van der Waals surface area contributed by atoms with Gasteiger partial charge in [-0.15, -0.1) is 0 Å². The van der Waals surface area contributed by atoms with E-state index in [1.165, 1.54) is 12.1 Å². The summed E-state index contributed by atoms with van der Waals surface area (Å²) in [6, 6.07) is 25.2. The molecule has 0 aliphatic heterocycles. The van der Waals surface area contributed by atoms with Crippen molar-refractivity contribution >= 4 is 59.6 Å². The minimum absolute atomic E-state index is 0.101. The Hall–Kier alpha value is -3.13. The molecule has 32 heavy (non-hydrogen) atoms. The van der Waals surface area contributed by atoms with Gasteiger partial charge in [-0.3, -0.25) is 14.1 Å². The second-order valence-corrected chi connectivity index (χ2v) is 10.4. The third kappa shape index (κ3) is 3.90. The van der Waals surface area contributed by atoms with E-state index in [0.29, 0.717) is 27.5 Å². The summed E-state index contributed by atoms with van der Waals surface area (Å²) in [5.41, 5.74) is 1.98. The molecule has 0 unspecified atom stereocenters. The molecule has 0 amide bonds. The summed E-state index contributed by atoms with van der Waals surface area (Å²) in [6.45, 7) is 0.319. The second kappa shape index (κ2) is 8.09. The molecule has 5 aromatic rings. The van der Waals surface area contributed by atoms with E-state index in [2.05, 4.69) is 4.72 Å². The first-order valence-electron chi connectivity index (χ1n) is 9.79. The molecule has 0 radical (unpaired) electrons. The zero-order valence-corrected chi connectivity index (χ0v) is 19.0. The molecule has 5 nitrogen and oxygen atoms in total. The quantitative estimate of drug-likeness (QED) is 0.350. The van der Waals surface area contributed by atoms with Crippen LogP contribution in [0.2, 0.25) is 5.02 Å². The van der Waals surface area contributed by atoms with Crippen LogP contribution in [0.25, 0.3) is 21.0 Å². The minimum atomic E-state index is -3.82. The van der Waals surface area contributed by atoms with Crippen LogP contribution in [0.1, 0.15) is 5.56 Å². The van der Waals surface area contributed by atoms with Gasteiger partial charge in [0, 0.05) is 10.7 Å². The van der Waals surface area contributed by atoms with E-state index < -0.39 is 10.0 Å². The van der Waals surface area contributed by atoms with Crippen LogP contribution in [-0.4, -0.2) is 13.0 Å². The average molecular weight is 481 g/mol. The molecular formula is C24H17ClN2O3S2. The summed E-state index contributed by atoms with van der Waals surface area (Å²) in [5, 5.41) is 2.55. The molecule has 1 heterocycles. The van der Waals surface area contributed by atoms with E-state index in [0.717, 1.165) is 27.7 Å². The van der Waals surface area contributed by atoms with Gasteiger partial charge in [-0.1, -0.05) is 71.5 Å². The Kier molecular flexibility index (Phi) is 5.25. The topological polar surface area (TPSA) is 68.2 Å². The fourth-order valence-electron chi connectivity index (χ4n) is 3.63. The number of nitrogens with one attached hydrogen (secondary N) is 1. The SMILES string of the molecule is O=c1sc2cc(S(=O)(=O)Nc3ccc4ccccc4c3)ccc2n1Cc1ccccc1Cl. The van der Waals surface area contributed by atoms with Crippen molar-refractivity contribution in [3.8, 4) is 0 Å². The molecule has 1 N–H and O–H groups in total. The van der Waals surface area contributed by atoms with Gasteiger partial charge in [0.05, 0.1) is 21.7 Å². The van der Waals surface area contributed by atoms with Gasteiger partial charge in [-0.2, -0.15) is 0 Å². The number of anilines is 1. The number of nitrogens with zero attached hydrogens (tertiary/aromatic N) is 1. The number of hydrogen-bond acceptors (Lipinski definition) is 4. The maximum atomic E-state index is 13.0. The first-order chi connectivity index (χ1) is 15.4. The van der Waals surface area contributed by atoms with Gasteiger partial charge in [0.25, 0.3) is 10.0 Å². The largest absolute Gasteiger partial charge is 0.308 e. The van der Waals surface area contributed by atoms with Crippen molar-refractivity contribution in [2.24, 2.45) is 0 Å². The normalized spacial score (nSPS) is 11.8. The van der Waals surface area contributed by atoms with Gasteiger partial charge < -0.3 is 0 Å². The zero-order chi connectivity index (χ0) is 22.3. The number of aromatic nitrogens is 1. The predicted octanol–water partition coefficient (Wildman–Crippen LogP) is 5.72. The van der Waals surface area contributed by atoms with Crippen molar-refractivity contribution in [3.63, 3.8) is 0 Å². The van der Waals surface area contributed by atoms with Gasteiger partial charge in [0.15, 0.2) is 0 Å². The maximum absolute atomic E-state index is 13.0. The van der Waals surface area contributed by atoms with Crippen LogP contribution in [0, 0.1) is 0 Å². The van der Waals surface area contributed by atoms with Crippen LogP contribution in [0.5, 0.6) is 0 Å². The second-order valence-electron chi connectivity index (χ2n) is 7.34. The number of hydrogen-bond donors (Lipinski definition) is 1. The fourth-order valence-corrected chi connectivity index (χ4v) is 5.90. The van der Waals surface area contributed by atoms with Gasteiger partial charge >= 0.3 is 4.87 Å². The highest BCUT2D eigenvalue weighted by atomic mass is 35.5. The standard InChI is InChI=1S/C24H17ClN2O3S2/c25-21-8-4-3-7-18(21)15-27-22-12-11-20(14-23(22)31-24(27)28)32(29,30)26-19-10-9-16-5-1-2-6-17(16)13-19/h1-14,26H,15H2. The molecule has 0 atom stereocenters. The first kappa shape index (κ1) is 20.8. The van der Waals surface area contributed by atoms with E-state index in [1.54, 1.807) is 28.8 Å². The van der Waals surface area contributed by atoms with Crippen molar-refractivity contribution < 1.29 is 8.42 Å². The van der Waals surface area contributed by atoms with Crippen molar-refractivity contribution in [1.82, 2.24) is 4.57 Å². The molecule has 4 aromatic carbocycles. The summed E-state index contributed by atoms with van der Waals surface area (Å²) in [6.07, 6.45) is 0. The van der Waals surface area contributed by atoms with Crippen LogP contribution in [0.15, 0.2) is 94.6 Å². The van der Waals surface area contributed by atoms with Gasteiger partial charge in [0.2, 0.25) is 0 Å². The highest BCUT2D eigenvalue weighted by molar-refractivity contribution is 7.92. The Morgan fingerprint density at radius 2 is 1.62 bits per heavy atom. The Bertz CT molecular complexity index is 1640. The molecular weight excluding hydrogens is 464 g/mol. The lowest BCUT2D eigenvalue weighted by Gasteiger charge is -2.10. The highest BCUT2D eigenvalue weighted by Crippen LogP contribution is 2.26. The number of thiazole rings is 1. The zero-order valence-electron chi connectivity index (χ0n) is 16.7. The van der Waals surface area contributed by atoms with E-state index in [9.17, 15) is 13.2 Å². The molecule has 160 valence electrons. The number of sulfonamides is 1. The summed E-state index contributed by atoms with van der Waals surface area (Å²) in [7, 11) is -3.82. The lowest BCUT2D eigenvalue weighted by Crippen LogP contribution is -2.14. The Labute approximate surface area is 193 Å². The lowest BCUT2D eigenvalue weighted by atomic mass is 10.1. The average Bonchev–Trinajstić information content (AvgIpc) is 3.09. The van der Waals surface area contributed by atoms with Crippen LogP contribution >= 0.6 is 22.9 Å². The molecule has 0 saturated carbocycles. The van der Waals surface area contributed by atoms with Gasteiger partial charge in [-0.25, -0.2) is 8.42 Å². The van der Waals surface area contributed by atoms with Crippen LogP contribution < -0.4 is 9.60 Å².